The summed E-state index contributed by atoms with van der Waals surface area (Å²) in [6.07, 6.45) is 5.02. The number of anilines is 4. The van der Waals surface area contributed by atoms with Crippen LogP contribution in [-0.2, 0) is 27.3 Å². The van der Waals surface area contributed by atoms with E-state index in [9.17, 15) is 35.9 Å². The number of ether oxygens (including phenoxy) is 1. The highest BCUT2D eigenvalue weighted by atomic mass is 32.2. The van der Waals surface area contributed by atoms with Crippen LogP contribution in [0.25, 0.3) is 0 Å². The number of nitrogens with one attached hydrogen (secondary N) is 4. The highest BCUT2D eigenvalue weighted by Gasteiger charge is 2.17. The van der Waals surface area contributed by atoms with Crippen LogP contribution < -0.4 is 20.1 Å². The van der Waals surface area contributed by atoms with E-state index >= 15 is 0 Å². The molecule has 0 saturated heterocycles. The Bertz CT molecular complexity index is 1240. The van der Waals surface area contributed by atoms with Gasteiger partial charge in [0.2, 0.25) is 0 Å². The Morgan fingerprint density at radius 3 is 1.57 bits per heavy atom. The highest BCUT2D eigenvalue weighted by molar-refractivity contribution is 7.80. The molecule has 0 amide bonds. The lowest BCUT2D eigenvalue weighted by Crippen LogP contribution is -2.12. The van der Waals surface area contributed by atoms with E-state index in [1.807, 2.05) is 30.2 Å². The number of carboxylic acid groups (broad SMARTS) is 1. The van der Waals surface area contributed by atoms with Gasteiger partial charge in [0.05, 0.1) is 40.5 Å². The minimum Gasteiger partial charge on any atom is -0.755 e. The maximum atomic E-state index is 14.3. The van der Waals surface area contributed by atoms with Crippen molar-refractivity contribution in [1.82, 2.24) is 0 Å². The lowest BCUT2D eigenvalue weighted by atomic mass is 10.1. The van der Waals surface area contributed by atoms with Gasteiger partial charge in [-0.05, 0) is 43.5 Å². The van der Waals surface area contributed by atoms with Crippen LogP contribution in [0.1, 0.15) is 80.0 Å². The molecule has 16 heteroatoms. The van der Waals surface area contributed by atoms with Crippen LogP contribution in [-0.4, -0.2) is 54.3 Å². The van der Waals surface area contributed by atoms with Crippen molar-refractivity contribution in [2.75, 3.05) is 39.8 Å². The molecule has 0 saturated carbocycles. The Morgan fingerprint density at radius 1 is 0.762 bits per heavy atom. The summed E-state index contributed by atoms with van der Waals surface area (Å²) in [6.45, 7) is 7.17. The summed E-state index contributed by atoms with van der Waals surface area (Å²) in [4.78, 5) is 22.9. The predicted molar refractivity (Wildman–Crippen MR) is 157 cm³/mol. The van der Waals surface area contributed by atoms with Crippen molar-refractivity contribution in [2.24, 2.45) is 0 Å². The number of aromatic carboxylic acids is 1. The van der Waals surface area contributed by atoms with Gasteiger partial charge in [0.25, 0.3) is 0 Å². The molecule has 2 aromatic rings. The molecular weight excluding hydrogens is 598 g/mol. The van der Waals surface area contributed by atoms with E-state index in [1.165, 1.54) is 6.07 Å². The SMILES string of the molecule is CCCCNc1cc(C(=O)O)cc(NS(=O)[O-])c1F.CCCCNc1cc(C(=O)OCCCC)cc(NS(=O)[O-])c1F. The molecule has 0 radical (unpaired) electrons. The van der Waals surface area contributed by atoms with Crippen molar-refractivity contribution in [2.45, 2.75) is 59.3 Å². The molecule has 2 atom stereocenters. The molecule has 0 aromatic heterocycles. The van der Waals surface area contributed by atoms with Crippen LogP contribution in [0.2, 0.25) is 0 Å². The zero-order valence-corrected chi connectivity index (χ0v) is 25.2. The van der Waals surface area contributed by atoms with Crippen LogP contribution in [0.3, 0.4) is 0 Å². The number of carbonyl (C=O) groups excluding carboxylic acids is 1. The van der Waals surface area contributed by atoms with E-state index < -0.39 is 51.8 Å². The smallest absolute Gasteiger partial charge is 0.338 e. The van der Waals surface area contributed by atoms with Crippen molar-refractivity contribution in [3.8, 4) is 0 Å². The van der Waals surface area contributed by atoms with Crippen molar-refractivity contribution in [3.63, 3.8) is 0 Å². The molecule has 0 aliphatic rings. The summed E-state index contributed by atoms with van der Waals surface area (Å²) in [6, 6.07) is 4.52. The number of unbranched alkanes of at least 4 members (excludes halogenated alkanes) is 3. The number of carbonyl (C=O) groups is 2. The molecule has 0 spiro atoms. The first kappa shape index (κ1) is 36.7. The van der Waals surface area contributed by atoms with Crippen LogP contribution in [0.5, 0.6) is 0 Å². The molecule has 2 unspecified atom stereocenters. The Labute approximate surface area is 248 Å². The van der Waals surface area contributed by atoms with Gasteiger partial charge in [0, 0.05) is 35.6 Å². The van der Waals surface area contributed by atoms with Gasteiger partial charge in [-0.2, -0.15) is 0 Å². The molecule has 42 heavy (non-hydrogen) atoms. The molecule has 0 heterocycles. The fraction of sp³-hybridized carbons (Fsp3) is 0.462. The third-order valence-electron chi connectivity index (χ3n) is 5.44. The van der Waals surface area contributed by atoms with Crippen LogP contribution >= 0.6 is 0 Å². The number of benzene rings is 2. The van der Waals surface area contributed by atoms with Crippen molar-refractivity contribution in [3.05, 3.63) is 47.0 Å². The third-order valence-corrected chi connectivity index (χ3v) is 6.21. The van der Waals surface area contributed by atoms with Gasteiger partial charge in [0.1, 0.15) is 0 Å². The number of hydrogen-bond donors (Lipinski definition) is 5. The summed E-state index contributed by atoms with van der Waals surface area (Å²) in [5, 5.41) is 14.5. The van der Waals surface area contributed by atoms with Crippen molar-refractivity contribution in [1.29, 1.82) is 0 Å². The predicted octanol–water partition coefficient (Wildman–Crippen LogP) is 5.14. The first-order valence-corrected chi connectivity index (χ1v) is 15.4. The molecule has 0 aliphatic carbocycles. The zero-order valence-electron chi connectivity index (χ0n) is 23.6. The lowest BCUT2D eigenvalue weighted by Gasteiger charge is -2.15. The minimum absolute atomic E-state index is 0.0405. The minimum atomic E-state index is -2.72. The van der Waals surface area contributed by atoms with Crippen LogP contribution in [0.15, 0.2) is 24.3 Å². The Balaban J connectivity index is 0.000000428. The topological polar surface area (TPSA) is 192 Å². The second-order valence-corrected chi connectivity index (χ2v) is 10.1. The molecular formula is C26H36F2N4O8S2-2. The number of hydrogen-bond acceptors (Lipinski definition) is 9. The van der Waals surface area contributed by atoms with E-state index in [1.54, 1.807) is 0 Å². The standard InChI is InChI=1S/C15H23FN2O4S.C11H15FN2O4S/c1-3-5-7-17-12-9-11(15(19)22-8-6-4-2)10-13(14(12)16)18-23(20)21;1-2-3-4-13-8-5-7(11(15)16)6-9(10(8)12)14-19(17)18/h9-10,17-18H,3-8H2,1-2H3,(H,20,21);5-6,13-14H,2-4H2,1H3,(H,15,16)(H,17,18)/p-2. The molecule has 5 N–H and O–H groups in total. The number of carboxylic acids is 1. The third kappa shape index (κ3) is 13.1. The van der Waals surface area contributed by atoms with Gasteiger partial charge in [-0.25, -0.2) is 18.4 Å². The summed E-state index contributed by atoms with van der Waals surface area (Å²) in [5.74, 6) is -3.46. The van der Waals surface area contributed by atoms with Crippen molar-refractivity contribution < 1.29 is 45.7 Å². The quantitative estimate of drug-likeness (QED) is 0.0884. The molecule has 0 fully saturated rings. The summed E-state index contributed by atoms with van der Waals surface area (Å²) >= 11 is -5.42. The normalized spacial score (nSPS) is 11.9. The highest BCUT2D eigenvalue weighted by Crippen LogP contribution is 2.27. The van der Waals surface area contributed by atoms with E-state index in [0.717, 1.165) is 56.7 Å². The monoisotopic (exact) mass is 634 g/mol. The molecule has 0 bridgehead atoms. The Hall–Kier alpha value is -3.34. The Kier molecular flexibility index (Phi) is 17.2. The van der Waals surface area contributed by atoms with E-state index in [4.69, 9.17) is 9.84 Å². The average Bonchev–Trinajstić information content (AvgIpc) is 2.92. The maximum Gasteiger partial charge on any atom is 0.338 e. The average molecular weight is 635 g/mol. The van der Waals surface area contributed by atoms with Gasteiger partial charge < -0.3 is 39.0 Å². The van der Waals surface area contributed by atoms with E-state index in [-0.39, 0.29) is 34.8 Å². The van der Waals surface area contributed by atoms with Gasteiger partial charge in [0.15, 0.2) is 11.6 Å². The molecule has 12 nitrogen and oxygen atoms in total. The van der Waals surface area contributed by atoms with Gasteiger partial charge in [-0.15, -0.1) is 0 Å². The second kappa shape index (κ2) is 19.7. The maximum absolute atomic E-state index is 14.3. The summed E-state index contributed by atoms with van der Waals surface area (Å²) in [5.41, 5.74) is -0.769. The molecule has 2 aromatic carbocycles. The van der Waals surface area contributed by atoms with Gasteiger partial charge in [-0.1, -0.05) is 40.0 Å². The summed E-state index contributed by atoms with van der Waals surface area (Å²) in [7, 11) is 0. The van der Waals surface area contributed by atoms with Crippen LogP contribution in [0.4, 0.5) is 31.5 Å². The molecule has 0 aliphatic heterocycles. The first-order valence-electron chi connectivity index (χ1n) is 13.2. The van der Waals surface area contributed by atoms with Gasteiger partial charge in [-0.3, -0.25) is 8.42 Å². The zero-order chi connectivity index (χ0) is 31.7. The number of rotatable bonds is 17. The number of halogens is 2. The van der Waals surface area contributed by atoms with E-state index in [0.29, 0.717) is 13.1 Å². The largest absolute Gasteiger partial charge is 0.755 e. The lowest BCUT2D eigenvalue weighted by molar-refractivity contribution is 0.0499. The second-order valence-electron chi connectivity index (χ2n) is 8.80. The van der Waals surface area contributed by atoms with Gasteiger partial charge >= 0.3 is 11.9 Å². The fourth-order valence-corrected chi connectivity index (χ4v) is 3.92. The first-order chi connectivity index (χ1) is 19.9. The fourth-order valence-electron chi connectivity index (χ4n) is 3.27. The Morgan fingerprint density at radius 2 is 1.17 bits per heavy atom. The molecule has 236 valence electrons. The summed E-state index contributed by atoms with van der Waals surface area (Å²) < 4.78 is 79.6. The van der Waals surface area contributed by atoms with Crippen LogP contribution in [0, 0.1) is 11.6 Å². The van der Waals surface area contributed by atoms with Crippen molar-refractivity contribution >= 4 is 57.2 Å². The molecule has 2 rings (SSSR count). The van der Waals surface area contributed by atoms with E-state index in [2.05, 4.69) is 10.6 Å². The number of esters is 1.